The lowest BCUT2D eigenvalue weighted by molar-refractivity contribution is 0.0172. The van der Waals surface area contributed by atoms with E-state index in [0.29, 0.717) is 24.2 Å². The standard InChI is InChI=1S/C16H27N3O/c1-4-5-11(2)13-10-16-17-9-8-14(19(16)18-13)15-7-6-12(3)20-15/h10-12,14-15,17H,4-9H2,1-3H3. The second kappa shape index (κ2) is 5.76. The number of aromatic nitrogens is 2. The molecule has 1 saturated heterocycles. The number of nitrogens with one attached hydrogen (secondary N) is 1. The Balaban J connectivity index is 1.81. The van der Waals surface area contributed by atoms with Crippen molar-refractivity contribution in [2.75, 3.05) is 11.9 Å². The molecule has 0 saturated carbocycles. The van der Waals surface area contributed by atoms with Crippen molar-refractivity contribution < 1.29 is 4.74 Å². The van der Waals surface area contributed by atoms with Gasteiger partial charge in [0.05, 0.1) is 23.9 Å². The largest absolute Gasteiger partial charge is 0.373 e. The van der Waals surface area contributed by atoms with Crippen LogP contribution in [-0.4, -0.2) is 28.5 Å². The Kier molecular flexibility index (Phi) is 4.01. The molecule has 0 spiro atoms. The second-order valence-electron chi connectivity index (χ2n) is 6.43. The summed E-state index contributed by atoms with van der Waals surface area (Å²) in [7, 11) is 0. The Morgan fingerprint density at radius 2 is 2.30 bits per heavy atom. The number of rotatable bonds is 4. The van der Waals surface area contributed by atoms with E-state index in [1.807, 2.05) is 0 Å². The number of fused-ring (bicyclic) bond motifs is 1. The summed E-state index contributed by atoms with van der Waals surface area (Å²) in [6, 6.07) is 2.66. The first-order chi connectivity index (χ1) is 9.69. The molecule has 4 heteroatoms. The van der Waals surface area contributed by atoms with Gasteiger partial charge in [0, 0.05) is 18.5 Å². The van der Waals surface area contributed by atoms with Crippen LogP contribution < -0.4 is 5.32 Å². The highest BCUT2D eigenvalue weighted by atomic mass is 16.5. The average Bonchev–Trinajstić information content (AvgIpc) is 3.04. The van der Waals surface area contributed by atoms with Gasteiger partial charge in [0.25, 0.3) is 0 Å². The number of ether oxygens (including phenoxy) is 1. The molecule has 1 fully saturated rings. The van der Waals surface area contributed by atoms with Gasteiger partial charge in [-0.3, -0.25) is 0 Å². The Morgan fingerprint density at radius 3 is 3.00 bits per heavy atom. The van der Waals surface area contributed by atoms with Gasteiger partial charge in [-0.15, -0.1) is 0 Å². The molecule has 2 aliphatic heterocycles. The predicted octanol–water partition coefficient (Wildman–Crippen LogP) is 3.71. The first-order valence-electron chi connectivity index (χ1n) is 8.17. The van der Waals surface area contributed by atoms with Crippen LogP contribution in [0.2, 0.25) is 0 Å². The van der Waals surface area contributed by atoms with Gasteiger partial charge in [-0.25, -0.2) is 4.68 Å². The van der Waals surface area contributed by atoms with Gasteiger partial charge in [0.15, 0.2) is 0 Å². The molecule has 4 nitrogen and oxygen atoms in total. The topological polar surface area (TPSA) is 39.1 Å². The molecule has 4 unspecified atom stereocenters. The van der Waals surface area contributed by atoms with Crippen molar-refractivity contribution in [2.24, 2.45) is 0 Å². The molecule has 20 heavy (non-hydrogen) atoms. The highest BCUT2D eigenvalue weighted by Crippen LogP contribution is 2.35. The molecule has 2 aliphatic rings. The van der Waals surface area contributed by atoms with Crippen molar-refractivity contribution in [2.45, 2.75) is 77.0 Å². The summed E-state index contributed by atoms with van der Waals surface area (Å²) in [5.74, 6) is 1.73. The van der Waals surface area contributed by atoms with Crippen molar-refractivity contribution in [3.05, 3.63) is 11.8 Å². The van der Waals surface area contributed by atoms with Gasteiger partial charge in [-0.2, -0.15) is 5.10 Å². The summed E-state index contributed by atoms with van der Waals surface area (Å²) >= 11 is 0. The molecule has 3 heterocycles. The Labute approximate surface area is 121 Å². The summed E-state index contributed by atoms with van der Waals surface area (Å²) in [5.41, 5.74) is 1.23. The van der Waals surface area contributed by atoms with Crippen LogP contribution in [0, 0.1) is 0 Å². The van der Waals surface area contributed by atoms with E-state index in [9.17, 15) is 0 Å². The molecule has 0 radical (unpaired) electrons. The molecule has 1 aromatic heterocycles. The van der Waals surface area contributed by atoms with Gasteiger partial charge < -0.3 is 10.1 Å². The summed E-state index contributed by atoms with van der Waals surface area (Å²) in [5, 5.41) is 8.38. The molecule has 1 N–H and O–H groups in total. The maximum atomic E-state index is 6.09. The summed E-state index contributed by atoms with van der Waals surface area (Å²) < 4.78 is 8.29. The number of nitrogens with zero attached hydrogens (tertiary/aromatic N) is 2. The minimum absolute atomic E-state index is 0.347. The van der Waals surface area contributed by atoms with Crippen molar-refractivity contribution >= 4 is 5.82 Å². The zero-order valence-corrected chi connectivity index (χ0v) is 12.9. The molecular weight excluding hydrogens is 250 g/mol. The van der Waals surface area contributed by atoms with Crippen LogP contribution in [0.15, 0.2) is 6.07 Å². The minimum atomic E-state index is 0.347. The lowest BCUT2D eigenvalue weighted by atomic mass is 10.0. The molecule has 1 aromatic rings. The highest BCUT2D eigenvalue weighted by Gasteiger charge is 2.34. The van der Waals surface area contributed by atoms with Gasteiger partial charge in [0.2, 0.25) is 0 Å². The molecule has 0 aromatic carbocycles. The maximum absolute atomic E-state index is 6.09. The molecular formula is C16H27N3O. The van der Waals surface area contributed by atoms with Gasteiger partial charge in [0.1, 0.15) is 5.82 Å². The van der Waals surface area contributed by atoms with Crippen LogP contribution >= 0.6 is 0 Å². The third kappa shape index (κ3) is 2.58. The van der Waals surface area contributed by atoms with Gasteiger partial charge in [-0.1, -0.05) is 20.3 Å². The summed E-state index contributed by atoms with van der Waals surface area (Å²) in [6.45, 7) is 7.73. The second-order valence-corrected chi connectivity index (χ2v) is 6.43. The monoisotopic (exact) mass is 277 g/mol. The zero-order chi connectivity index (χ0) is 14.1. The lowest BCUT2D eigenvalue weighted by Gasteiger charge is -2.29. The van der Waals surface area contributed by atoms with Crippen LogP contribution in [0.3, 0.4) is 0 Å². The van der Waals surface area contributed by atoms with Gasteiger partial charge in [-0.05, 0) is 32.6 Å². The minimum Gasteiger partial charge on any atom is -0.373 e. The van der Waals surface area contributed by atoms with Crippen LogP contribution in [0.25, 0.3) is 0 Å². The summed E-state index contributed by atoms with van der Waals surface area (Å²) in [4.78, 5) is 0. The van der Waals surface area contributed by atoms with E-state index in [1.165, 1.54) is 37.2 Å². The molecule has 4 atom stereocenters. The fourth-order valence-corrected chi connectivity index (χ4v) is 3.55. The van der Waals surface area contributed by atoms with E-state index in [0.717, 1.165) is 13.0 Å². The van der Waals surface area contributed by atoms with E-state index in [-0.39, 0.29) is 0 Å². The fraction of sp³-hybridized carbons (Fsp3) is 0.812. The summed E-state index contributed by atoms with van der Waals surface area (Å²) in [6.07, 6.45) is 6.65. The number of hydrogen-bond acceptors (Lipinski definition) is 3. The average molecular weight is 277 g/mol. The molecule has 0 bridgehead atoms. The molecule has 0 aliphatic carbocycles. The van der Waals surface area contributed by atoms with Crippen molar-refractivity contribution in [3.8, 4) is 0 Å². The van der Waals surface area contributed by atoms with Gasteiger partial charge >= 0.3 is 0 Å². The predicted molar refractivity (Wildman–Crippen MR) is 81.3 cm³/mol. The SMILES string of the molecule is CCCC(C)c1cc2n(n1)C(C1CCC(C)O1)CCN2. The fourth-order valence-electron chi connectivity index (χ4n) is 3.55. The first-order valence-corrected chi connectivity index (χ1v) is 8.17. The van der Waals surface area contributed by atoms with Crippen LogP contribution in [-0.2, 0) is 4.74 Å². The number of hydrogen-bond donors (Lipinski definition) is 1. The smallest absolute Gasteiger partial charge is 0.124 e. The maximum Gasteiger partial charge on any atom is 0.124 e. The van der Waals surface area contributed by atoms with E-state index < -0.39 is 0 Å². The highest BCUT2D eigenvalue weighted by molar-refractivity contribution is 5.40. The number of anilines is 1. The Morgan fingerprint density at radius 1 is 1.45 bits per heavy atom. The van der Waals surface area contributed by atoms with Crippen molar-refractivity contribution in [3.63, 3.8) is 0 Å². The zero-order valence-electron chi connectivity index (χ0n) is 12.9. The van der Waals surface area contributed by atoms with Crippen LogP contribution in [0.4, 0.5) is 5.82 Å². The molecule has 112 valence electrons. The third-order valence-electron chi connectivity index (χ3n) is 4.74. The van der Waals surface area contributed by atoms with Crippen LogP contribution in [0.1, 0.15) is 70.5 Å². The van der Waals surface area contributed by atoms with Crippen molar-refractivity contribution in [1.82, 2.24) is 9.78 Å². The quantitative estimate of drug-likeness (QED) is 0.912. The Bertz CT molecular complexity index is 457. The van der Waals surface area contributed by atoms with Crippen LogP contribution in [0.5, 0.6) is 0 Å². The van der Waals surface area contributed by atoms with Crippen molar-refractivity contribution in [1.29, 1.82) is 0 Å². The van der Waals surface area contributed by atoms with E-state index in [1.54, 1.807) is 0 Å². The molecule has 0 amide bonds. The molecule has 3 rings (SSSR count). The van der Waals surface area contributed by atoms with E-state index in [2.05, 4.69) is 36.8 Å². The van der Waals surface area contributed by atoms with E-state index in [4.69, 9.17) is 9.84 Å². The third-order valence-corrected chi connectivity index (χ3v) is 4.74. The normalized spacial score (nSPS) is 30.9. The lowest BCUT2D eigenvalue weighted by Crippen LogP contribution is -2.32. The Hall–Kier alpha value is -1.03. The van der Waals surface area contributed by atoms with E-state index >= 15 is 0 Å². The first kappa shape index (κ1) is 13.9.